The monoisotopic (exact) mass is 410 g/mol. The normalized spacial score (nSPS) is 31.3. The lowest BCUT2D eigenvalue weighted by molar-refractivity contribution is -0.139. The van der Waals surface area contributed by atoms with Crippen LogP contribution in [0.15, 0.2) is 4.99 Å². The Kier molecular flexibility index (Phi) is 6.36. The molecule has 0 saturated carbocycles. The van der Waals surface area contributed by atoms with Crippen molar-refractivity contribution in [3.63, 3.8) is 0 Å². The van der Waals surface area contributed by atoms with Crippen LogP contribution in [0.1, 0.15) is 26.2 Å². The molecule has 0 aliphatic carbocycles. The van der Waals surface area contributed by atoms with Gasteiger partial charge in [-0.15, -0.1) is 11.8 Å². The van der Waals surface area contributed by atoms with E-state index in [0.717, 1.165) is 6.54 Å². The second-order valence-corrected chi connectivity index (χ2v) is 9.02. The standard InChI is InChI=1S/C17H26N6O4S/c1-9-6-20-7-13(28-9)17(27)23-8-21-15(25)12(23)5-10(18)16(26)22-4-2-3-11(22)14(19)24/h8-13,20H,2-7,18H2,1H3,(H2,19,24)/t9?,10-,11-,12?,13?/m0/s1. The van der Waals surface area contributed by atoms with Crippen LogP contribution in [0.25, 0.3) is 0 Å². The van der Waals surface area contributed by atoms with E-state index in [1.165, 1.54) is 16.1 Å². The Bertz CT molecular complexity index is 701. The summed E-state index contributed by atoms with van der Waals surface area (Å²) in [7, 11) is 0. The summed E-state index contributed by atoms with van der Waals surface area (Å²) >= 11 is 1.55. The number of aliphatic imine (C=N–C) groups is 1. The minimum Gasteiger partial charge on any atom is -0.368 e. The van der Waals surface area contributed by atoms with Crippen molar-refractivity contribution in [2.75, 3.05) is 19.6 Å². The van der Waals surface area contributed by atoms with Crippen molar-refractivity contribution in [3.05, 3.63) is 0 Å². The maximum absolute atomic E-state index is 12.9. The van der Waals surface area contributed by atoms with Gasteiger partial charge in [-0.25, -0.2) is 4.99 Å². The largest absolute Gasteiger partial charge is 0.368 e. The average molecular weight is 411 g/mol. The van der Waals surface area contributed by atoms with Crippen molar-refractivity contribution in [2.45, 2.75) is 54.8 Å². The molecule has 2 fully saturated rings. The summed E-state index contributed by atoms with van der Waals surface area (Å²) < 4.78 is 0. The molecule has 0 bridgehead atoms. The summed E-state index contributed by atoms with van der Waals surface area (Å²) in [5, 5.41) is 3.15. The van der Waals surface area contributed by atoms with E-state index in [2.05, 4.69) is 10.3 Å². The third-order valence-corrected chi connectivity index (χ3v) is 6.61. The fourth-order valence-electron chi connectivity index (χ4n) is 3.82. The molecule has 5 N–H and O–H groups in total. The van der Waals surface area contributed by atoms with Crippen molar-refractivity contribution in [1.29, 1.82) is 0 Å². The highest BCUT2D eigenvalue weighted by molar-refractivity contribution is 8.01. The number of nitrogens with one attached hydrogen (secondary N) is 1. The van der Waals surface area contributed by atoms with E-state index in [-0.39, 0.29) is 22.8 Å². The van der Waals surface area contributed by atoms with Crippen LogP contribution in [0.5, 0.6) is 0 Å². The smallest absolute Gasteiger partial charge is 0.270 e. The van der Waals surface area contributed by atoms with Gasteiger partial charge in [-0.1, -0.05) is 6.92 Å². The van der Waals surface area contributed by atoms with Gasteiger partial charge in [0, 0.05) is 31.3 Å². The molecule has 0 aromatic rings. The van der Waals surface area contributed by atoms with E-state index in [4.69, 9.17) is 11.5 Å². The van der Waals surface area contributed by atoms with E-state index >= 15 is 0 Å². The highest BCUT2D eigenvalue weighted by atomic mass is 32.2. The fraction of sp³-hybridized carbons (Fsp3) is 0.706. The van der Waals surface area contributed by atoms with Gasteiger partial charge in [0.2, 0.25) is 17.7 Å². The molecule has 11 heteroatoms. The van der Waals surface area contributed by atoms with Crippen LogP contribution in [0.2, 0.25) is 0 Å². The number of amides is 4. The number of thioether (sulfide) groups is 1. The van der Waals surface area contributed by atoms with Gasteiger partial charge >= 0.3 is 0 Å². The zero-order valence-corrected chi connectivity index (χ0v) is 16.6. The molecule has 0 radical (unpaired) electrons. The highest BCUT2D eigenvalue weighted by Crippen LogP contribution is 2.25. The van der Waals surface area contributed by atoms with Gasteiger partial charge in [-0.05, 0) is 12.8 Å². The molecule has 5 atom stereocenters. The third-order valence-electron chi connectivity index (χ3n) is 5.28. The van der Waals surface area contributed by atoms with Crippen molar-refractivity contribution in [1.82, 2.24) is 15.1 Å². The number of nitrogens with zero attached hydrogens (tertiary/aromatic N) is 3. The zero-order valence-electron chi connectivity index (χ0n) is 15.7. The molecule has 28 heavy (non-hydrogen) atoms. The minimum absolute atomic E-state index is 0.0498. The second kappa shape index (κ2) is 8.58. The van der Waals surface area contributed by atoms with Crippen LogP contribution in [0.4, 0.5) is 0 Å². The Balaban J connectivity index is 1.66. The summed E-state index contributed by atoms with van der Waals surface area (Å²) in [5.41, 5.74) is 11.4. The predicted octanol–water partition coefficient (Wildman–Crippen LogP) is -1.96. The van der Waals surface area contributed by atoms with Crippen LogP contribution in [0.3, 0.4) is 0 Å². The molecule has 2 saturated heterocycles. The lowest BCUT2D eigenvalue weighted by Gasteiger charge is -2.32. The van der Waals surface area contributed by atoms with Crippen LogP contribution < -0.4 is 16.8 Å². The molecule has 0 spiro atoms. The number of primary amides is 1. The van der Waals surface area contributed by atoms with Gasteiger partial charge in [0.25, 0.3) is 5.91 Å². The van der Waals surface area contributed by atoms with Crippen LogP contribution in [0, 0.1) is 0 Å². The summed E-state index contributed by atoms with van der Waals surface area (Å²) in [6.07, 6.45) is 2.36. The van der Waals surface area contributed by atoms with E-state index < -0.39 is 35.8 Å². The van der Waals surface area contributed by atoms with Crippen LogP contribution in [-0.4, -0.2) is 88.0 Å². The van der Waals surface area contributed by atoms with E-state index in [9.17, 15) is 19.2 Å². The van der Waals surface area contributed by atoms with Gasteiger partial charge in [-0.2, -0.15) is 0 Å². The lowest BCUT2D eigenvalue weighted by Crippen LogP contribution is -2.54. The van der Waals surface area contributed by atoms with Gasteiger partial charge in [0.1, 0.15) is 18.4 Å². The molecule has 3 heterocycles. The first kappa shape index (κ1) is 20.7. The van der Waals surface area contributed by atoms with Gasteiger partial charge in [0.15, 0.2) is 0 Å². The summed E-state index contributed by atoms with van der Waals surface area (Å²) in [5.74, 6) is -1.72. The summed E-state index contributed by atoms with van der Waals surface area (Å²) in [4.78, 5) is 55.7. The molecule has 3 aliphatic rings. The van der Waals surface area contributed by atoms with Crippen LogP contribution in [-0.2, 0) is 19.2 Å². The second-order valence-electron chi connectivity index (χ2n) is 7.37. The third kappa shape index (κ3) is 4.20. The van der Waals surface area contributed by atoms with Crippen molar-refractivity contribution < 1.29 is 19.2 Å². The Morgan fingerprint density at radius 1 is 1.39 bits per heavy atom. The number of carbonyl (C=O) groups is 4. The minimum atomic E-state index is -1.03. The molecule has 3 aliphatic heterocycles. The molecular formula is C17H26N6O4S. The lowest BCUT2D eigenvalue weighted by atomic mass is 10.0. The quantitative estimate of drug-likeness (QED) is 0.476. The van der Waals surface area contributed by atoms with Gasteiger partial charge < -0.3 is 21.7 Å². The van der Waals surface area contributed by atoms with Gasteiger partial charge in [0.05, 0.1) is 11.3 Å². The number of hydrogen-bond donors (Lipinski definition) is 3. The number of rotatable bonds is 5. The summed E-state index contributed by atoms with van der Waals surface area (Å²) in [6.45, 7) is 3.76. The van der Waals surface area contributed by atoms with Crippen LogP contribution >= 0.6 is 11.8 Å². The van der Waals surface area contributed by atoms with Crippen molar-refractivity contribution in [3.8, 4) is 0 Å². The zero-order chi connectivity index (χ0) is 20.4. The van der Waals surface area contributed by atoms with Crippen molar-refractivity contribution in [2.24, 2.45) is 16.5 Å². The Morgan fingerprint density at radius 3 is 2.82 bits per heavy atom. The highest BCUT2D eigenvalue weighted by Gasteiger charge is 2.41. The maximum Gasteiger partial charge on any atom is 0.270 e. The Morgan fingerprint density at radius 2 is 2.14 bits per heavy atom. The average Bonchev–Trinajstić information content (AvgIpc) is 3.28. The molecule has 0 aromatic heterocycles. The molecular weight excluding hydrogens is 384 g/mol. The van der Waals surface area contributed by atoms with Crippen molar-refractivity contribution >= 4 is 41.7 Å². The molecule has 0 aromatic carbocycles. The number of hydrogen-bond acceptors (Lipinski definition) is 7. The first-order valence-electron chi connectivity index (χ1n) is 9.41. The number of carbonyl (C=O) groups excluding carboxylic acids is 4. The van der Waals surface area contributed by atoms with E-state index in [1.807, 2.05) is 6.92 Å². The number of likely N-dealkylation sites (tertiary alicyclic amines) is 1. The first-order valence-corrected chi connectivity index (χ1v) is 10.4. The van der Waals surface area contributed by atoms with E-state index in [1.54, 1.807) is 11.8 Å². The molecule has 3 rings (SSSR count). The SMILES string of the molecule is CC1CNCC(C(=O)N2C=NC(=O)C2C[C@H](N)C(=O)N2CCC[C@H]2C(N)=O)S1. The summed E-state index contributed by atoms with van der Waals surface area (Å²) in [6, 6.07) is -2.60. The molecule has 4 amide bonds. The molecule has 3 unspecified atom stereocenters. The van der Waals surface area contributed by atoms with E-state index in [0.29, 0.717) is 25.9 Å². The first-order chi connectivity index (χ1) is 13.3. The Labute approximate surface area is 167 Å². The fourth-order valence-corrected chi connectivity index (χ4v) is 5.04. The molecule has 10 nitrogen and oxygen atoms in total. The number of nitrogens with two attached hydrogens (primary N) is 2. The molecule has 154 valence electrons. The maximum atomic E-state index is 12.9. The van der Waals surface area contributed by atoms with Gasteiger partial charge in [-0.3, -0.25) is 24.1 Å². The predicted molar refractivity (Wildman–Crippen MR) is 104 cm³/mol. The Hall–Kier alpha value is -1.98. The topological polar surface area (TPSA) is 151 Å².